The first-order chi connectivity index (χ1) is 9.78. The molecule has 0 aliphatic carbocycles. The molecule has 0 heterocycles. The highest BCUT2D eigenvalue weighted by Crippen LogP contribution is 2.14. The van der Waals surface area contributed by atoms with E-state index in [2.05, 4.69) is 18.6 Å². The van der Waals surface area contributed by atoms with Gasteiger partial charge in [0.2, 0.25) is 5.91 Å². The number of amides is 1. The molecule has 21 heavy (non-hydrogen) atoms. The first-order valence-electron chi connectivity index (χ1n) is 7.07. The van der Waals surface area contributed by atoms with Crippen LogP contribution < -0.4 is 4.72 Å². The van der Waals surface area contributed by atoms with Crippen molar-refractivity contribution in [3.05, 3.63) is 41.3 Å². The summed E-state index contributed by atoms with van der Waals surface area (Å²) in [7, 11) is -3.73. The molecule has 1 rings (SSSR count). The normalized spacial score (nSPS) is 13.5. The van der Waals surface area contributed by atoms with Crippen molar-refractivity contribution in [2.24, 2.45) is 11.8 Å². The minimum atomic E-state index is -3.73. The molecular weight excluding hydrogens is 286 g/mol. The van der Waals surface area contributed by atoms with Crippen molar-refractivity contribution in [3.63, 3.8) is 0 Å². The lowest BCUT2D eigenvalue weighted by Gasteiger charge is -2.13. The molecule has 1 atom stereocenters. The highest BCUT2D eigenvalue weighted by molar-refractivity contribution is 7.93. The summed E-state index contributed by atoms with van der Waals surface area (Å²) < 4.78 is 25.7. The van der Waals surface area contributed by atoms with Gasteiger partial charge in [-0.05, 0) is 29.9 Å². The third kappa shape index (κ3) is 7.66. The Bertz CT molecular complexity index is 577. The van der Waals surface area contributed by atoms with Crippen LogP contribution in [0, 0.1) is 11.8 Å². The lowest BCUT2D eigenvalue weighted by molar-refractivity contribution is -0.120. The maximum absolute atomic E-state index is 11.8. The summed E-state index contributed by atoms with van der Waals surface area (Å²) in [5.74, 6) is 0.196. The molecule has 0 fully saturated rings. The molecule has 116 valence electrons. The van der Waals surface area contributed by atoms with Crippen molar-refractivity contribution in [3.8, 4) is 0 Å². The first-order valence-corrected chi connectivity index (χ1v) is 8.62. The smallest absolute Gasteiger partial charge is 0.257 e. The van der Waals surface area contributed by atoms with Gasteiger partial charge < -0.3 is 0 Å². The van der Waals surface area contributed by atoms with E-state index in [1.807, 2.05) is 25.1 Å². The number of hydrogen-bond donors (Lipinski definition) is 1. The zero-order valence-corrected chi connectivity index (χ0v) is 13.6. The fourth-order valence-corrected chi connectivity index (χ4v) is 2.98. The lowest BCUT2D eigenvalue weighted by atomic mass is 9.96. The molecule has 4 nitrogen and oxygen atoms in total. The van der Waals surface area contributed by atoms with Gasteiger partial charge in [0, 0.05) is 6.42 Å². The van der Waals surface area contributed by atoms with E-state index in [-0.39, 0.29) is 12.3 Å². The maximum Gasteiger partial charge on any atom is 0.257 e. The number of benzene rings is 1. The molecule has 0 aliphatic rings. The minimum absolute atomic E-state index is 0.165. The molecule has 0 saturated carbocycles. The fraction of sp³-hybridized carbons (Fsp3) is 0.438. The topological polar surface area (TPSA) is 63.2 Å². The number of rotatable bonds is 7. The predicted octanol–water partition coefficient (Wildman–Crippen LogP) is 3.18. The molecule has 1 aromatic carbocycles. The van der Waals surface area contributed by atoms with E-state index in [1.54, 1.807) is 12.1 Å². The third-order valence-corrected chi connectivity index (χ3v) is 3.91. The van der Waals surface area contributed by atoms with E-state index in [4.69, 9.17) is 0 Å². The van der Waals surface area contributed by atoms with E-state index in [0.717, 1.165) is 17.4 Å². The summed E-state index contributed by atoms with van der Waals surface area (Å²) in [6.07, 6.45) is 2.58. The van der Waals surface area contributed by atoms with Gasteiger partial charge in [0.25, 0.3) is 10.0 Å². The van der Waals surface area contributed by atoms with Crippen LogP contribution in [0.5, 0.6) is 0 Å². The predicted molar refractivity (Wildman–Crippen MR) is 85.8 cm³/mol. The number of hydrogen-bond acceptors (Lipinski definition) is 3. The molecule has 1 N–H and O–H groups in total. The maximum atomic E-state index is 11.8. The van der Waals surface area contributed by atoms with Crippen molar-refractivity contribution < 1.29 is 13.2 Å². The Balaban J connectivity index is 2.56. The Morgan fingerprint density at radius 2 is 1.81 bits per heavy atom. The van der Waals surface area contributed by atoms with E-state index in [1.165, 1.54) is 6.08 Å². The van der Waals surface area contributed by atoms with Gasteiger partial charge in [0.1, 0.15) is 0 Å². The average molecular weight is 309 g/mol. The number of sulfonamides is 1. The van der Waals surface area contributed by atoms with Crippen LogP contribution >= 0.6 is 0 Å². The monoisotopic (exact) mass is 309 g/mol. The van der Waals surface area contributed by atoms with Crippen LogP contribution in [0.4, 0.5) is 0 Å². The summed E-state index contributed by atoms with van der Waals surface area (Å²) in [5, 5.41) is 1.02. The van der Waals surface area contributed by atoms with Crippen LogP contribution in [0.25, 0.3) is 6.08 Å². The molecule has 1 unspecified atom stereocenters. The summed E-state index contributed by atoms with van der Waals surface area (Å²) in [5.41, 5.74) is 0.767. The molecule has 0 bridgehead atoms. The molecule has 0 radical (unpaired) electrons. The van der Waals surface area contributed by atoms with Gasteiger partial charge in [0.05, 0.1) is 5.41 Å². The standard InChI is InChI=1S/C16H23NO3S/c1-13(2)11-14(3)12-16(18)17-21(19,20)10-9-15-7-5-4-6-8-15/h4-10,13-14H,11-12H2,1-3H3,(H,17,18). The van der Waals surface area contributed by atoms with Crippen LogP contribution in [0.3, 0.4) is 0 Å². The zero-order valence-electron chi connectivity index (χ0n) is 12.7. The van der Waals surface area contributed by atoms with Crippen LogP contribution in [-0.2, 0) is 14.8 Å². The fourth-order valence-electron chi connectivity index (χ4n) is 2.17. The van der Waals surface area contributed by atoms with Gasteiger partial charge in [-0.3, -0.25) is 4.79 Å². The highest BCUT2D eigenvalue weighted by Gasteiger charge is 2.15. The molecule has 0 saturated heterocycles. The summed E-state index contributed by atoms with van der Waals surface area (Å²) in [6.45, 7) is 6.10. The summed E-state index contributed by atoms with van der Waals surface area (Å²) >= 11 is 0. The van der Waals surface area contributed by atoms with Crippen LogP contribution in [-0.4, -0.2) is 14.3 Å². The van der Waals surface area contributed by atoms with Crippen molar-refractivity contribution in [1.29, 1.82) is 0 Å². The molecule has 1 amide bonds. The average Bonchev–Trinajstić information content (AvgIpc) is 2.35. The summed E-state index contributed by atoms with van der Waals surface area (Å²) in [6, 6.07) is 9.07. The van der Waals surface area contributed by atoms with E-state index in [9.17, 15) is 13.2 Å². The molecule has 5 heteroatoms. The van der Waals surface area contributed by atoms with E-state index >= 15 is 0 Å². The largest absolute Gasteiger partial charge is 0.274 e. The van der Waals surface area contributed by atoms with Gasteiger partial charge >= 0.3 is 0 Å². The number of nitrogens with one attached hydrogen (secondary N) is 1. The molecule has 0 aliphatic heterocycles. The molecule has 1 aromatic rings. The van der Waals surface area contributed by atoms with Gasteiger partial charge in [-0.2, -0.15) is 0 Å². The van der Waals surface area contributed by atoms with Crippen molar-refractivity contribution >= 4 is 22.0 Å². The van der Waals surface area contributed by atoms with Crippen LogP contribution in [0.2, 0.25) is 0 Å². The second-order valence-corrected chi connectivity index (χ2v) is 7.29. The molecular formula is C16H23NO3S. The van der Waals surface area contributed by atoms with E-state index in [0.29, 0.717) is 5.92 Å². The van der Waals surface area contributed by atoms with Crippen molar-refractivity contribution in [2.75, 3.05) is 0 Å². The molecule has 0 aromatic heterocycles. The third-order valence-electron chi connectivity index (χ3n) is 2.90. The highest BCUT2D eigenvalue weighted by atomic mass is 32.2. The second-order valence-electron chi connectivity index (χ2n) is 5.72. The van der Waals surface area contributed by atoms with Crippen LogP contribution in [0.1, 0.15) is 39.2 Å². The van der Waals surface area contributed by atoms with Gasteiger partial charge in [-0.25, -0.2) is 13.1 Å². The quantitative estimate of drug-likeness (QED) is 0.841. The Morgan fingerprint density at radius 1 is 1.19 bits per heavy atom. The van der Waals surface area contributed by atoms with Crippen molar-refractivity contribution in [2.45, 2.75) is 33.6 Å². The van der Waals surface area contributed by atoms with Crippen LogP contribution in [0.15, 0.2) is 35.7 Å². The SMILES string of the molecule is CC(C)CC(C)CC(=O)NS(=O)(=O)C=Cc1ccccc1. The first kappa shape index (κ1) is 17.4. The van der Waals surface area contributed by atoms with Gasteiger partial charge in [-0.15, -0.1) is 0 Å². The minimum Gasteiger partial charge on any atom is -0.274 e. The zero-order chi connectivity index (χ0) is 15.9. The Labute approximate surface area is 127 Å². The van der Waals surface area contributed by atoms with Gasteiger partial charge in [0.15, 0.2) is 0 Å². The van der Waals surface area contributed by atoms with Gasteiger partial charge in [-0.1, -0.05) is 51.1 Å². The Hall–Kier alpha value is -1.62. The molecule has 0 spiro atoms. The van der Waals surface area contributed by atoms with E-state index < -0.39 is 15.9 Å². The van der Waals surface area contributed by atoms with Crippen molar-refractivity contribution in [1.82, 2.24) is 4.72 Å². The second kappa shape index (κ2) is 7.98. The Morgan fingerprint density at radius 3 is 2.38 bits per heavy atom. The number of carbonyl (C=O) groups is 1. The summed E-state index contributed by atoms with van der Waals surface area (Å²) in [4.78, 5) is 11.7. The Kier molecular flexibility index (Phi) is 6.62. The number of carbonyl (C=O) groups excluding carboxylic acids is 1. The lowest BCUT2D eigenvalue weighted by Crippen LogP contribution is -2.30.